The predicted molar refractivity (Wildman–Crippen MR) is 84.9 cm³/mol. The molecule has 1 N–H and O–H groups in total. The van der Waals surface area contributed by atoms with Gasteiger partial charge in [-0.25, -0.2) is 0 Å². The Kier molecular flexibility index (Phi) is 5.88. The first-order chi connectivity index (χ1) is 9.54. The fourth-order valence-electron chi connectivity index (χ4n) is 3.93. The summed E-state index contributed by atoms with van der Waals surface area (Å²) in [5, 5.41) is 10.8. The molecule has 1 saturated carbocycles. The molecule has 0 radical (unpaired) electrons. The van der Waals surface area contributed by atoms with Crippen molar-refractivity contribution in [3.8, 4) is 0 Å². The standard InChI is InChI=1S/C17H34N2O/c1-4-18(5-2)12-16-8-11-19(13-16)14-17(20)9-6-15(3)7-10-17/h15-16,20H,4-14H2,1-3H3. The van der Waals surface area contributed by atoms with Crippen LogP contribution in [0.2, 0.25) is 0 Å². The Hall–Kier alpha value is -0.120. The van der Waals surface area contributed by atoms with Gasteiger partial charge >= 0.3 is 0 Å². The van der Waals surface area contributed by atoms with Gasteiger partial charge in [-0.2, -0.15) is 0 Å². The monoisotopic (exact) mass is 282 g/mol. The van der Waals surface area contributed by atoms with Gasteiger partial charge in [-0.1, -0.05) is 20.8 Å². The molecule has 118 valence electrons. The molecule has 0 aromatic rings. The molecule has 1 aliphatic heterocycles. The number of nitrogens with zero attached hydrogens (tertiary/aromatic N) is 2. The molecule has 1 heterocycles. The fourth-order valence-corrected chi connectivity index (χ4v) is 3.93. The molecule has 1 saturated heterocycles. The van der Waals surface area contributed by atoms with Crippen molar-refractivity contribution in [2.75, 3.05) is 39.3 Å². The van der Waals surface area contributed by atoms with Crippen molar-refractivity contribution in [3.05, 3.63) is 0 Å². The largest absolute Gasteiger partial charge is 0.389 e. The summed E-state index contributed by atoms with van der Waals surface area (Å²) in [6, 6.07) is 0. The van der Waals surface area contributed by atoms with Crippen molar-refractivity contribution in [2.24, 2.45) is 11.8 Å². The number of β-amino-alcohol motifs (C(OH)–C–C–N with tert-alkyl or cyclic N) is 1. The zero-order chi connectivity index (χ0) is 14.6. The van der Waals surface area contributed by atoms with Crippen LogP contribution < -0.4 is 0 Å². The number of hydrogen-bond acceptors (Lipinski definition) is 3. The van der Waals surface area contributed by atoms with E-state index in [0.29, 0.717) is 0 Å². The number of rotatable bonds is 6. The molecule has 2 fully saturated rings. The van der Waals surface area contributed by atoms with E-state index in [4.69, 9.17) is 0 Å². The van der Waals surface area contributed by atoms with Crippen LogP contribution in [0.5, 0.6) is 0 Å². The molecule has 1 atom stereocenters. The molecule has 3 nitrogen and oxygen atoms in total. The van der Waals surface area contributed by atoms with E-state index in [1.54, 1.807) is 0 Å². The minimum Gasteiger partial charge on any atom is -0.389 e. The van der Waals surface area contributed by atoms with E-state index < -0.39 is 5.60 Å². The third-order valence-corrected chi connectivity index (χ3v) is 5.50. The zero-order valence-corrected chi connectivity index (χ0v) is 13.8. The Bertz CT molecular complexity index is 283. The van der Waals surface area contributed by atoms with Gasteiger partial charge in [-0.15, -0.1) is 0 Å². The molecule has 2 rings (SSSR count). The lowest BCUT2D eigenvalue weighted by Crippen LogP contribution is -2.45. The Labute approximate surface area is 125 Å². The van der Waals surface area contributed by atoms with Crippen LogP contribution in [0.1, 0.15) is 52.9 Å². The first kappa shape index (κ1) is 16.3. The highest BCUT2D eigenvalue weighted by Crippen LogP contribution is 2.33. The molecule has 0 amide bonds. The Morgan fingerprint density at radius 1 is 1.15 bits per heavy atom. The Morgan fingerprint density at radius 3 is 2.40 bits per heavy atom. The number of aliphatic hydroxyl groups is 1. The van der Waals surface area contributed by atoms with E-state index in [1.165, 1.54) is 38.9 Å². The molecule has 0 bridgehead atoms. The van der Waals surface area contributed by atoms with Crippen molar-refractivity contribution in [2.45, 2.75) is 58.5 Å². The summed E-state index contributed by atoms with van der Waals surface area (Å²) in [7, 11) is 0. The van der Waals surface area contributed by atoms with Crippen LogP contribution in [0.15, 0.2) is 0 Å². The highest BCUT2D eigenvalue weighted by atomic mass is 16.3. The first-order valence-corrected chi connectivity index (χ1v) is 8.71. The van der Waals surface area contributed by atoms with Crippen LogP contribution >= 0.6 is 0 Å². The molecule has 20 heavy (non-hydrogen) atoms. The van der Waals surface area contributed by atoms with Gasteiger partial charge in [0.25, 0.3) is 0 Å². The van der Waals surface area contributed by atoms with Gasteiger partial charge in [0.1, 0.15) is 0 Å². The van der Waals surface area contributed by atoms with Gasteiger partial charge in [0, 0.05) is 19.6 Å². The second kappa shape index (κ2) is 7.24. The molecule has 1 unspecified atom stereocenters. The second-order valence-corrected chi connectivity index (χ2v) is 7.28. The molecule has 1 aliphatic carbocycles. The van der Waals surface area contributed by atoms with Crippen molar-refractivity contribution in [1.29, 1.82) is 0 Å². The van der Waals surface area contributed by atoms with Crippen molar-refractivity contribution in [3.63, 3.8) is 0 Å². The van der Waals surface area contributed by atoms with Crippen LogP contribution in [-0.2, 0) is 0 Å². The topological polar surface area (TPSA) is 26.7 Å². The highest BCUT2D eigenvalue weighted by molar-refractivity contribution is 4.90. The summed E-state index contributed by atoms with van der Waals surface area (Å²) in [5.41, 5.74) is -0.392. The summed E-state index contributed by atoms with van der Waals surface area (Å²) in [5.74, 6) is 1.62. The van der Waals surface area contributed by atoms with Crippen molar-refractivity contribution >= 4 is 0 Å². The molecule has 0 aromatic carbocycles. The van der Waals surface area contributed by atoms with E-state index >= 15 is 0 Å². The summed E-state index contributed by atoms with van der Waals surface area (Å²) in [4.78, 5) is 5.05. The van der Waals surface area contributed by atoms with E-state index in [2.05, 4.69) is 30.6 Å². The van der Waals surface area contributed by atoms with Crippen LogP contribution in [0, 0.1) is 11.8 Å². The lowest BCUT2D eigenvalue weighted by molar-refractivity contribution is -0.0314. The van der Waals surface area contributed by atoms with Gasteiger partial charge in [0.2, 0.25) is 0 Å². The maximum absolute atomic E-state index is 10.8. The first-order valence-electron chi connectivity index (χ1n) is 8.71. The SMILES string of the molecule is CCN(CC)CC1CCN(CC2(O)CCC(C)CC2)C1. The highest BCUT2D eigenvalue weighted by Gasteiger charge is 2.35. The average molecular weight is 282 g/mol. The van der Waals surface area contributed by atoms with Crippen LogP contribution in [0.3, 0.4) is 0 Å². The molecular formula is C17H34N2O. The van der Waals surface area contributed by atoms with Crippen molar-refractivity contribution < 1.29 is 5.11 Å². The van der Waals surface area contributed by atoms with Gasteiger partial charge in [-0.3, -0.25) is 0 Å². The van der Waals surface area contributed by atoms with E-state index in [9.17, 15) is 5.11 Å². The molecule has 3 heteroatoms. The average Bonchev–Trinajstić information content (AvgIpc) is 2.86. The minimum atomic E-state index is -0.392. The third kappa shape index (κ3) is 4.44. The number of hydrogen-bond donors (Lipinski definition) is 1. The zero-order valence-electron chi connectivity index (χ0n) is 13.8. The molecular weight excluding hydrogens is 248 g/mol. The lowest BCUT2D eigenvalue weighted by atomic mass is 9.79. The fraction of sp³-hybridized carbons (Fsp3) is 1.00. The van der Waals surface area contributed by atoms with Crippen molar-refractivity contribution in [1.82, 2.24) is 9.80 Å². The summed E-state index contributed by atoms with van der Waals surface area (Å²) in [6.07, 6.45) is 5.72. The number of likely N-dealkylation sites (tertiary alicyclic amines) is 1. The summed E-state index contributed by atoms with van der Waals surface area (Å²) in [6.45, 7) is 13.7. The quantitative estimate of drug-likeness (QED) is 0.811. The lowest BCUT2D eigenvalue weighted by Gasteiger charge is -2.37. The summed E-state index contributed by atoms with van der Waals surface area (Å²) >= 11 is 0. The maximum Gasteiger partial charge on any atom is 0.0774 e. The molecule has 0 aromatic heterocycles. The molecule has 2 aliphatic rings. The Balaban J connectivity index is 1.75. The van der Waals surface area contributed by atoms with Gasteiger partial charge in [-0.05, 0) is 63.6 Å². The second-order valence-electron chi connectivity index (χ2n) is 7.28. The van der Waals surface area contributed by atoms with Gasteiger partial charge in [0.15, 0.2) is 0 Å². The summed E-state index contributed by atoms with van der Waals surface area (Å²) < 4.78 is 0. The third-order valence-electron chi connectivity index (χ3n) is 5.50. The van der Waals surface area contributed by atoms with E-state index in [0.717, 1.165) is 44.3 Å². The van der Waals surface area contributed by atoms with Crippen LogP contribution in [0.25, 0.3) is 0 Å². The predicted octanol–water partition coefficient (Wildman–Crippen LogP) is 2.59. The van der Waals surface area contributed by atoms with Crippen LogP contribution in [-0.4, -0.2) is 59.8 Å². The normalized spacial score (nSPS) is 35.9. The van der Waals surface area contributed by atoms with E-state index in [-0.39, 0.29) is 0 Å². The Morgan fingerprint density at radius 2 is 1.80 bits per heavy atom. The maximum atomic E-state index is 10.8. The molecule has 0 spiro atoms. The van der Waals surface area contributed by atoms with E-state index in [1.807, 2.05) is 0 Å². The van der Waals surface area contributed by atoms with Gasteiger partial charge in [0.05, 0.1) is 5.60 Å². The smallest absolute Gasteiger partial charge is 0.0774 e. The minimum absolute atomic E-state index is 0.392. The van der Waals surface area contributed by atoms with Gasteiger partial charge < -0.3 is 14.9 Å². The van der Waals surface area contributed by atoms with Crippen LogP contribution in [0.4, 0.5) is 0 Å².